The lowest BCUT2D eigenvalue weighted by Crippen LogP contribution is -2.02. The number of aromatic nitrogens is 2. The smallest absolute Gasteiger partial charge is 0.124 e. The summed E-state index contributed by atoms with van der Waals surface area (Å²) in [5, 5.41) is 4.18. The maximum absolute atomic E-state index is 5.37. The number of nitrogens with two attached hydrogens (primary N) is 1. The number of hydrogen-bond acceptors (Lipinski definition) is 3. The summed E-state index contributed by atoms with van der Waals surface area (Å²) in [4.78, 5) is 0. The van der Waals surface area contributed by atoms with Crippen molar-refractivity contribution in [2.24, 2.45) is 5.73 Å². The minimum Gasteiger partial charge on any atom is -0.496 e. The third-order valence-electron chi connectivity index (χ3n) is 2.51. The van der Waals surface area contributed by atoms with Crippen molar-refractivity contribution in [2.45, 2.75) is 6.54 Å². The molecule has 0 atom stereocenters. The number of rotatable bonds is 3. The van der Waals surface area contributed by atoms with Gasteiger partial charge in [-0.3, -0.25) is 4.68 Å². The van der Waals surface area contributed by atoms with Gasteiger partial charge in [0, 0.05) is 23.5 Å². The van der Waals surface area contributed by atoms with E-state index >= 15 is 0 Å². The fraction of sp³-hybridized carbons (Fsp3) is 0.214. The zero-order valence-corrected chi connectivity index (χ0v) is 10.3. The number of methoxy groups -OCH3 is 1. The first-order chi connectivity index (χ1) is 8.83. The van der Waals surface area contributed by atoms with Crippen LogP contribution in [-0.2, 0) is 6.54 Å². The summed E-state index contributed by atoms with van der Waals surface area (Å²) >= 11 is 0. The van der Waals surface area contributed by atoms with E-state index in [4.69, 9.17) is 10.5 Å². The molecule has 4 heteroatoms. The SMILES string of the molecule is COc1ccc(C#CCN)cc1Cn1cccn1. The molecule has 0 unspecified atom stereocenters. The third kappa shape index (κ3) is 2.90. The highest BCUT2D eigenvalue weighted by molar-refractivity contribution is 5.44. The molecule has 0 spiro atoms. The Balaban J connectivity index is 2.30. The first-order valence-corrected chi connectivity index (χ1v) is 5.67. The van der Waals surface area contributed by atoms with Crippen molar-refractivity contribution < 1.29 is 4.74 Å². The van der Waals surface area contributed by atoms with Gasteiger partial charge in [-0.25, -0.2) is 0 Å². The largest absolute Gasteiger partial charge is 0.496 e. The van der Waals surface area contributed by atoms with E-state index in [9.17, 15) is 0 Å². The Kier molecular flexibility index (Phi) is 4.00. The van der Waals surface area contributed by atoms with Gasteiger partial charge in [-0.1, -0.05) is 11.8 Å². The summed E-state index contributed by atoms with van der Waals surface area (Å²) in [6.07, 6.45) is 3.67. The highest BCUT2D eigenvalue weighted by atomic mass is 16.5. The molecule has 1 aromatic heterocycles. The van der Waals surface area contributed by atoms with Crippen molar-refractivity contribution in [3.63, 3.8) is 0 Å². The Morgan fingerprint density at radius 3 is 3.00 bits per heavy atom. The van der Waals surface area contributed by atoms with Gasteiger partial charge in [0.1, 0.15) is 5.75 Å². The second-order valence-electron chi connectivity index (χ2n) is 3.74. The molecule has 2 aromatic rings. The Morgan fingerprint density at radius 1 is 1.44 bits per heavy atom. The maximum Gasteiger partial charge on any atom is 0.124 e. The van der Waals surface area contributed by atoms with Gasteiger partial charge < -0.3 is 10.5 Å². The molecule has 1 heterocycles. The summed E-state index contributed by atoms with van der Waals surface area (Å²) in [5.41, 5.74) is 7.35. The van der Waals surface area contributed by atoms with E-state index in [2.05, 4.69) is 16.9 Å². The topological polar surface area (TPSA) is 53.1 Å². The molecular formula is C14H15N3O. The molecule has 0 aliphatic heterocycles. The molecule has 0 fully saturated rings. The van der Waals surface area contributed by atoms with E-state index in [0.717, 1.165) is 16.9 Å². The summed E-state index contributed by atoms with van der Waals surface area (Å²) in [6, 6.07) is 7.74. The molecule has 0 saturated heterocycles. The van der Waals surface area contributed by atoms with Gasteiger partial charge in [-0.2, -0.15) is 5.10 Å². The molecule has 0 amide bonds. The van der Waals surface area contributed by atoms with Gasteiger partial charge in [0.2, 0.25) is 0 Å². The number of hydrogen-bond donors (Lipinski definition) is 1. The lowest BCUT2D eigenvalue weighted by atomic mass is 10.1. The normalized spacial score (nSPS) is 9.67. The van der Waals surface area contributed by atoms with Crippen LogP contribution in [0.5, 0.6) is 5.75 Å². The van der Waals surface area contributed by atoms with Gasteiger partial charge in [-0.05, 0) is 24.3 Å². The Hall–Kier alpha value is -2.25. The van der Waals surface area contributed by atoms with Gasteiger partial charge in [0.05, 0.1) is 20.2 Å². The molecule has 2 rings (SSSR count). The predicted octanol–water partition coefficient (Wildman–Crippen LogP) is 1.25. The Bertz CT molecular complexity index is 564. The molecule has 0 bridgehead atoms. The van der Waals surface area contributed by atoms with Crippen LogP contribution in [0.3, 0.4) is 0 Å². The molecule has 2 N–H and O–H groups in total. The lowest BCUT2D eigenvalue weighted by molar-refractivity contribution is 0.407. The van der Waals surface area contributed by atoms with Crippen LogP contribution in [0.1, 0.15) is 11.1 Å². The van der Waals surface area contributed by atoms with Crippen LogP contribution < -0.4 is 10.5 Å². The lowest BCUT2D eigenvalue weighted by Gasteiger charge is -2.09. The van der Waals surface area contributed by atoms with Crippen LogP contribution in [-0.4, -0.2) is 23.4 Å². The average Bonchev–Trinajstić information content (AvgIpc) is 2.89. The number of ether oxygens (including phenoxy) is 1. The van der Waals surface area contributed by atoms with Gasteiger partial charge in [0.25, 0.3) is 0 Å². The van der Waals surface area contributed by atoms with E-state index in [1.807, 2.05) is 35.1 Å². The van der Waals surface area contributed by atoms with Crippen LogP contribution in [0.15, 0.2) is 36.7 Å². The van der Waals surface area contributed by atoms with Crippen LogP contribution in [0, 0.1) is 11.8 Å². The fourth-order valence-corrected chi connectivity index (χ4v) is 1.70. The highest BCUT2D eigenvalue weighted by Crippen LogP contribution is 2.20. The summed E-state index contributed by atoms with van der Waals surface area (Å²) in [6.45, 7) is 1.02. The molecule has 18 heavy (non-hydrogen) atoms. The van der Waals surface area contributed by atoms with Crippen molar-refractivity contribution >= 4 is 0 Å². The zero-order valence-electron chi connectivity index (χ0n) is 10.3. The minimum atomic E-state index is 0.362. The summed E-state index contributed by atoms with van der Waals surface area (Å²) in [5.74, 6) is 6.69. The first kappa shape index (κ1) is 12.2. The monoisotopic (exact) mass is 241 g/mol. The van der Waals surface area contributed by atoms with Crippen LogP contribution in [0.4, 0.5) is 0 Å². The van der Waals surface area contributed by atoms with E-state index < -0.39 is 0 Å². The van der Waals surface area contributed by atoms with Crippen molar-refractivity contribution in [2.75, 3.05) is 13.7 Å². The zero-order chi connectivity index (χ0) is 12.8. The van der Waals surface area contributed by atoms with Crippen LogP contribution in [0.25, 0.3) is 0 Å². The second-order valence-corrected chi connectivity index (χ2v) is 3.74. The standard InChI is InChI=1S/C14H15N3O/c1-18-14-6-5-12(4-2-7-15)10-13(14)11-17-9-3-8-16-17/h3,5-6,8-10H,7,11,15H2,1H3. The van der Waals surface area contributed by atoms with Crippen LogP contribution in [0.2, 0.25) is 0 Å². The van der Waals surface area contributed by atoms with E-state index in [1.165, 1.54) is 0 Å². The molecular weight excluding hydrogens is 226 g/mol. The first-order valence-electron chi connectivity index (χ1n) is 5.67. The minimum absolute atomic E-state index is 0.362. The highest BCUT2D eigenvalue weighted by Gasteiger charge is 2.04. The van der Waals surface area contributed by atoms with E-state index in [1.54, 1.807) is 13.3 Å². The van der Waals surface area contributed by atoms with Gasteiger partial charge in [0.15, 0.2) is 0 Å². The average molecular weight is 241 g/mol. The van der Waals surface area contributed by atoms with E-state index in [-0.39, 0.29) is 0 Å². The van der Waals surface area contributed by atoms with Crippen molar-refractivity contribution in [3.8, 4) is 17.6 Å². The van der Waals surface area contributed by atoms with E-state index in [0.29, 0.717) is 13.1 Å². The van der Waals surface area contributed by atoms with Gasteiger partial charge >= 0.3 is 0 Å². The van der Waals surface area contributed by atoms with Gasteiger partial charge in [-0.15, -0.1) is 0 Å². The Morgan fingerprint density at radius 2 is 2.33 bits per heavy atom. The molecule has 0 radical (unpaired) electrons. The summed E-state index contributed by atoms with van der Waals surface area (Å²) < 4.78 is 7.18. The fourth-order valence-electron chi connectivity index (χ4n) is 1.70. The maximum atomic E-state index is 5.37. The quantitative estimate of drug-likeness (QED) is 0.823. The molecule has 0 aliphatic carbocycles. The molecule has 4 nitrogen and oxygen atoms in total. The second kappa shape index (κ2) is 5.89. The number of nitrogens with zero attached hydrogens (tertiary/aromatic N) is 2. The summed E-state index contributed by atoms with van der Waals surface area (Å²) in [7, 11) is 1.66. The van der Waals surface area contributed by atoms with Crippen molar-refractivity contribution in [3.05, 3.63) is 47.8 Å². The van der Waals surface area contributed by atoms with Crippen molar-refractivity contribution in [1.82, 2.24) is 9.78 Å². The molecule has 92 valence electrons. The third-order valence-corrected chi connectivity index (χ3v) is 2.51. The number of benzene rings is 1. The van der Waals surface area contributed by atoms with Crippen molar-refractivity contribution in [1.29, 1.82) is 0 Å². The predicted molar refractivity (Wildman–Crippen MR) is 70.3 cm³/mol. The molecule has 0 aliphatic rings. The molecule has 1 aromatic carbocycles. The van der Waals surface area contributed by atoms with Crippen LogP contribution >= 0.6 is 0 Å². The molecule has 0 saturated carbocycles. The Labute approximate surface area is 106 Å².